The fourth-order valence-electron chi connectivity index (χ4n) is 6.95. The Kier molecular flexibility index (Phi) is 14.8. The van der Waals surface area contributed by atoms with Crippen molar-refractivity contribution in [3.05, 3.63) is 52.0 Å². The number of carboxylic acid groups (broad SMARTS) is 1. The average molecular weight is 712 g/mol. The highest BCUT2D eigenvalue weighted by molar-refractivity contribution is 7.09. The molecule has 3 amide bonds. The lowest BCUT2D eigenvalue weighted by Gasteiger charge is -2.37. The zero-order chi connectivity index (χ0) is 36.4. The molecule has 2 fully saturated rings. The quantitative estimate of drug-likeness (QED) is 0.178. The Morgan fingerprint density at radius 2 is 1.78 bits per heavy atom. The summed E-state index contributed by atoms with van der Waals surface area (Å²) in [5.74, 6) is -1.51. The highest BCUT2D eigenvalue weighted by atomic mass is 32.1. The number of carboxylic acids is 1. The number of nitrogens with zero attached hydrogens (tertiary/aromatic N) is 3. The van der Waals surface area contributed by atoms with Gasteiger partial charge in [-0.3, -0.25) is 24.1 Å². The van der Waals surface area contributed by atoms with Crippen LogP contribution in [0.15, 0.2) is 35.7 Å². The Morgan fingerprint density at radius 1 is 1.06 bits per heavy atom. The largest absolute Gasteiger partial charge is 0.481 e. The molecule has 276 valence electrons. The number of aliphatic carboxylic acids is 1. The minimum atomic E-state index is -0.908. The smallest absolute Gasteiger partial charge is 0.306 e. The summed E-state index contributed by atoms with van der Waals surface area (Å²) in [6, 6.07) is 8.30. The molecular formula is C38H57N5O6S. The predicted molar refractivity (Wildman–Crippen MR) is 195 cm³/mol. The molecule has 50 heavy (non-hydrogen) atoms. The summed E-state index contributed by atoms with van der Waals surface area (Å²) in [5, 5.41) is 18.1. The summed E-state index contributed by atoms with van der Waals surface area (Å²) in [5.41, 5.74) is 1.26. The van der Waals surface area contributed by atoms with Crippen LogP contribution in [0.3, 0.4) is 0 Å². The van der Waals surface area contributed by atoms with Gasteiger partial charge in [-0.15, -0.1) is 11.3 Å². The first-order valence-electron chi connectivity index (χ1n) is 18.3. The molecule has 0 radical (unpaired) electrons. The topological polar surface area (TPSA) is 141 Å². The van der Waals surface area contributed by atoms with Crippen molar-refractivity contribution < 1.29 is 29.0 Å². The number of likely N-dealkylation sites (tertiary alicyclic amines) is 1. The van der Waals surface area contributed by atoms with E-state index in [9.17, 15) is 24.3 Å². The third kappa shape index (κ3) is 11.3. The van der Waals surface area contributed by atoms with Crippen LogP contribution >= 0.6 is 11.3 Å². The van der Waals surface area contributed by atoms with E-state index in [0.29, 0.717) is 36.8 Å². The third-order valence-electron chi connectivity index (χ3n) is 10.1. The van der Waals surface area contributed by atoms with Crippen molar-refractivity contribution in [1.29, 1.82) is 0 Å². The van der Waals surface area contributed by atoms with E-state index < -0.39 is 30.1 Å². The van der Waals surface area contributed by atoms with Crippen molar-refractivity contribution in [2.45, 2.75) is 116 Å². The zero-order valence-corrected chi connectivity index (χ0v) is 31.4. The molecule has 1 aromatic carbocycles. The van der Waals surface area contributed by atoms with Crippen LogP contribution in [-0.2, 0) is 25.5 Å². The Hall–Kier alpha value is -3.35. The van der Waals surface area contributed by atoms with Crippen LogP contribution in [0, 0.1) is 17.8 Å². The summed E-state index contributed by atoms with van der Waals surface area (Å²) < 4.78 is 6.20. The monoisotopic (exact) mass is 711 g/mol. The summed E-state index contributed by atoms with van der Waals surface area (Å²) in [7, 11) is 3.80. The second-order valence-corrected chi connectivity index (χ2v) is 15.5. The number of likely N-dealkylation sites (N-methyl/N-ethyl adjacent to an activating group) is 2. The van der Waals surface area contributed by atoms with E-state index in [2.05, 4.69) is 29.4 Å². The molecular weight excluding hydrogens is 655 g/mol. The SMILES string of the molecule is CCO[C@H](C[C@H](C(C)C)N(C)C(=O)C(CC1CC1)NC(=O)C1CCCCN1C)c1nc(C(=O)N[C@@H](Cc2ccccc2)C[C@H](C)C(=O)O)cs1. The number of hydrogen-bond acceptors (Lipinski definition) is 8. The number of ether oxygens (including phenoxy) is 1. The maximum Gasteiger partial charge on any atom is 0.306 e. The average Bonchev–Trinajstić information content (AvgIpc) is 3.77. The van der Waals surface area contributed by atoms with Crippen molar-refractivity contribution in [1.82, 2.24) is 25.4 Å². The maximum absolute atomic E-state index is 14.1. The van der Waals surface area contributed by atoms with Crippen molar-refractivity contribution in [3.8, 4) is 0 Å². The van der Waals surface area contributed by atoms with E-state index >= 15 is 0 Å². The van der Waals surface area contributed by atoms with Gasteiger partial charge in [-0.2, -0.15) is 0 Å². The first kappa shape index (κ1) is 39.4. The zero-order valence-electron chi connectivity index (χ0n) is 30.6. The van der Waals surface area contributed by atoms with Gasteiger partial charge in [0.25, 0.3) is 5.91 Å². The highest BCUT2D eigenvalue weighted by Gasteiger charge is 2.38. The fraction of sp³-hybridized carbons (Fsp3) is 0.658. The number of thiazole rings is 1. The van der Waals surface area contributed by atoms with Crippen molar-refractivity contribution >= 4 is 35.0 Å². The first-order chi connectivity index (χ1) is 23.9. The maximum atomic E-state index is 14.1. The molecule has 12 heteroatoms. The highest BCUT2D eigenvalue weighted by Crippen LogP contribution is 2.35. The van der Waals surface area contributed by atoms with E-state index in [1.54, 1.807) is 17.2 Å². The van der Waals surface area contributed by atoms with Gasteiger partial charge >= 0.3 is 5.97 Å². The second-order valence-electron chi connectivity index (χ2n) is 14.6. The molecule has 6 atom stereocenters. The molecule has 2 aromatic rings. The molecule has 1 saturated heterocycles. The van der Waals surface area contributed by atoms with E-state index in [-0.39, 0.29) is 47.8 Å². The molecule has 1 aliphatic carbocycles. The van der Waals surface area contributed by atoms with E-state index in [0.717, 1.165) is 44.2 Å². The second kappa shape index (κ2) is 18.8. The lowest BCUT2D eigenvalue weighted by Crippen LogP contribution is -2.56. The molecule has 0 bridgehead atoms. The minimum absolute atomic E-state index is 0.0649. The number of hydrogen-bond donors (Lipinski definition) is 3. The third-order valence-corrected chi connectivity index (χ3v) is 11.1. The van der Waals surface area contributed by atoms with Crippen molar-refractivity contribution in [2.24, 2.45) is 17.8 Å². The van der Waals surface area contributed by atoms with Crippen LogP contribution in [-0.4, -0.2) is 95.0 Å². The molecule has 2 heterocycles. The van der Waals surface area contributed by atoms with Crippen molar-refractivity contribution in [2.75, 3.05) is 27.2 Å². The van der Waals surface area contributed by atoms with Crippen LogP contribution < -0.4 is 10.6 Å². The number of nitrogens with one attached hydrogen (secondary N) is 2. The summed E-state index contributed by atoms with van der Waals surface area (Å²) in [6.07, 6.45) is 6.51. The molecule has 2 unspecified atom stereocenters. The fourth-order valence-corrected chi connectivity index (χ4v) is 7.81. The van der Waals surface area contributed by atoms with Gasteiger partial charge in [0.1, 0.15) is 22.8 Å². The number of rotatable bonds is 19. The van der Waals surface area contributed by atoms with E-state index in [1.165, 1.54) is 11.3 Å². The van der Waals surface area contributed by atoms with Gasteiger partial charge in [-0.1, -0.05) is 70.4 Å². The predicted octanol–water partition coefficient (Wildman–Crippen LogP) is 5.31. The molecule has 1 aliphatic heterocycles. The number of carbonyl (C=O) groups is 4. The number of piperidine rings is 1. The molecule has 2 aliphatic rings. The van der Waals surface area contributed by atoms with Gasteiger partial charge < -0.3 is 25.4 Å². The molecule has 11 nitrogen and oxygen atoms in total. The molecule has 3 N–H and O–H groups in total. The van der Waals surface area contributed by atoms with Crippen LogP contribution in [0.4, 0.5) is 0 Å². The standard InChI is InChI=1S/C38H57N5O6S/c1-7-49-33(36-41-30(23-50-36)34(44)39-28(19-25(4)38(47)48)20-26-13-9-8-10-14-26)22-32(24(2)3)43(6)37(46)29(21-27-16-17-27)40-35(45)31-15-11-12-18-42(31)5/h8-10,13-14,23-25,27-29,31-33H,7,11-12,15-22H2,1-6H3,(H,39,44)(H,40,45)(H,47,48)/t25-,28+,29?,31?,32+,33+/m0/s1. The molecule has 0 spiro atoms. The van der Waals surface area contributed by atoms with Gasteiger partial charge in [-0.05, 0) is 70.0 Å². The first-order valence-corrected chi connectivity index (χ1v) is 19.2. The Morgan fingerprint density at radius 3 is 2.40 bits per heavy atom. The minimum Gasteiger partial charge on any atom is -0.481 e. The van der Waals surface area contributed by atoms with Gasteiger partial charge in [0.05, 0.1) is 12.0 Å². The van der Waals surface area contributed by atoms with Gasteiger partial charge in [0.2, 0.25) is 11.8 Å². The van der Waals surface area contributed by atoms with Crippen LogP contribution in [0.5, 0.6) is 0 Å². The Bertz CT molecular complexity index is 1420. The Balaban J connectivity index is 1.46. The molecule has 1 aromatic heterocycles. The lowest BCUT2D eigenvalue weighted by molar-refractivity contribution is -0.141. The van der Waals surface area contributed by atoms with Gasteiger partial charge in [-0.25, -0.2) is 4.98 Å². The number of amides is 3. The van der Waals surface area contributed by atoms with Crippen LogP contribution in [0.1, 0.15) is 106 Å². The van der Waals surface area contributed by atoms with E-state index in [1.807, 2.05) is 51.4 Å². The van der Waals surface area contributed by atoms with Crippen LogP contribution in [0.2, 0.25) is 0 Å². The normalized spacial score (nSPS) is 19.6. The summed E-state index contributed by atoms with van der Waals surface area (Å²) in [4.78, 5) is 61.2. The van der Waals surface area contributed by atoms with Gasteiger partial charge in [0, 0.05) is 37.5 Å². The lowest BCUT2D eigenvalue weighted by atomic mass is 9.95. The number of aromatic nitrogens is 1. The molecule has 1 saturated carbocycles. The van der Waals surface area contributed by atoms with Crippen LogP contribution in [0.25, 0.3) is 0 Å². The Labute approximate surface area is 301 Å². The van der Waals surface area contributed by atoms with Crippen molar-refractivity contribution in [3.63, 3.8) is 0 Å². The summed E-state index contributed by atoms with van der Waals surface area (Å²) >= 11 is 1.34. The number of carbonyl (C=O) groups excluding carboxylic acids is 3. The number of benzene rings is 1. The van der Waals surface area contributed by atoms with E-state index in [4.69, 9.17) is 9.72 Å². The summed E-state index contributed by atoms with van der Waals surface area (Å²) in [6.45, 7) is 9.02. The molecule has 4 rings (SSSR count). The van der Waals surface area contributed by atoms with Gasteiger partial charge in [0.15, 0.2) is 0 Å².